The molecule has 0 unspecified atom stereocenters. The molecule has 0 aliphatic carbocycles. The highest BCUT2D eigenvalue weighted by molar-refractivity contribution is 7.09. The van der Waals surface area contributed by atoms with Crippen molar-refractivity contribution >= 4 is 42.1 Å². The van der Waals surface area contributed by atoms with E-state index in [1.807, 2.05) is 5.38 Å². The Labute approximate surface area is 149 Å². The lowest BCUT2D eigenvalue weighted by atomic mass is 9.81. The van der Waals surface area contributed by atoms with Gasteiger partial charge < -0.3 is 10.6 Å². The number of hydrogen-bond donors (Lipinski definition) is 2. The maximum atomic E-state index is 12.1. The molecule has 0 spiro atoms. The molecule has 1 aromatic heterocycles. The number of rotatable bonds is 5. The Morgan fingerprint density at radius 1 is 1.41 bits per heavy atom. The van der Waals surface area contributed by atoms with Gasteiger partial charge in [-0.05, 0) is 37.3 Å². The standard InChI is InChI=1S/C15H25N3OS.2ClH/c1-11(2)8-13-18-12(9-20-13)14(19)17-10-15(3)4-6-16-7-5-15;;/h9,11,16H,4-8,10H2,1-3H3,(H,17,19);2*1H. The number of piperidine rings is 1. The molecule has 1 aromatic rings. The molecule has 1 aliphatic rings. The first-order chi connectivity index (χ1) is 9.48. The van der Waals surface area contributed by atoms with Crippen LogP contribution in [-0.4, -0.2) is 30.5 Å². The van der Waals surface area contributed by atoms with Crippen LogP contribution in [0, 0.1) is 11.3 Å². The summed E-state index contributed by atoms with van der Waals surface area (Å²) in [6.07, 6.45) is 3.17. The maximum absolute atomic E-state index is 12.1. The van der Waals surface area contributed by atoms with Gasteiger partial charge in [-0.3, -0.25) is 4.79 Å². The van der Waals surface area contributed by atoms with E-state index in [4.69, 9.17) is 0 Å². The Morgan fingerprint density at radius 3 is 2.64 bits per heavy atom. The molecule has 0 saturated carbocycles. The predicted molar refractivity (Wildman–Crippen MR) is 97.7 cm³/mol. The van der Waals surface area contributed by atoms with Gasteiger partial charge >= 0.3 is 0 Å². The van der Waals surface area contributed by atoms with Gasteiger partial charge in [0.15, 0.2) is 0 Å². The van der Waals surface area contributed by atoms with Crippen LogP contribution in [0.15, 0.2) is 5.38 Å². The van der Waals surface area contributed by atoms with Crippen LogP contribution < -0.4 is 10.6 Å². The third-order valence-electron chi connectivity index (χ3n) is 3.85. The summed E-state index contributed by atoms with van der Waals surface area (Å²) in [5, 5.41) is 9.34. The van der Waals surface area contributed by atoms with Crippen LogP contribution in [-0.2, 0) is 6.42 Å². The molecule has 7 heteroatoms. The van der Waals surface area contributed by atoms with Crippen LogP contribution in [0.3, 0.4) is 0 Å². The number of aromatic nitrogens is 1. The average molecular weight is 368 g/mol. The van der Waals surface area contributed by atoms with Crippen molar-refractivity contribution in [3.63, 3.8) is 0 Å². The van der Waals surface area contributed by atoms with E-state index in [1.54, 1.807) is 11.3 Å². The molecule has 0 aromatic carbocycles. The molecule has 1 fully saturated rings. The van der Waals surface area contributed by atoms with Crippen molar-refractivity contribution in [2.24, 2.45) is 11.3 Å². The number of nitrogens with one attached hydrogen (secondary N) is 2. The van der Waals surface area contributed by atoms with E-state index >= 15 is 0 Å². The number of carbonyl (C=O) groups excluding carboxylic acids is 1. The predicted octanol–water partition coefficient (Wildman–Crippen LogP) is 3.30. The smallest absolute Gasteiger partial charge is 0.270 e. The second kappa shape index (κ2) is 9.71. The first-order valence-electron chi connectivity index (χ1n) is 7.42. The molecule has 22 heavy (non-hydrogen) atoms. The average Bonchev–Trinajstić information content (AvgIpc) is 2.85. The second-order valence-corrected chi connectivity index (χ2v) is 7.41. The van der Waals surface area contributed by atoms with Crippen molar-refractivity contribution in [1.29, 1.82) is 0 Å². The number of carbonyl (C=O) groups is 1. The minimum atomic E-state index is -0.0315. The van der Waals surface area contributed by atoms with E-state index in [0.29, 0.717) is 11.6 Å². The number of amides is 1. The SMILES string of the molecule is CC(C)Cc1nc(C(=O)NCC2(C)CCNCC2)cs1.Cl.Cl. The number of thiazole rings is 1. The van der Waals surface area contributed by atoms with Gasteiger partial charge in [0.1, 0.15) is 5.69 Å². The second-order valence-electron chi connectivity index (χ2n) is 6.47. The fourth-order valence-corrected chi connectivity index (χ4v) is 3.44. The van der Waals surface area contributed by atoms with Gasteiger partial charge in [0, 0.05) is 18.3 Å². The highest BCUT2D eigenvalue weighted by Gasteiger charge is 2.27. The van der Waals surface area contributed by atoms with Crippen molar-refractivity contribution in [3.8, 4) is 0 Å². The molecule has 2 N–H and O–H groups in total. The summed E-state index contributed by atoms with van der Waals surface area (Å²) in [6, 6.07) is 0. The summed E-state index contributed by atoms with van der Waals surface area (Å²) in [5.41, 5.74) is 0.792. The molecule has 1 saturated heterocycles. The molecule has 1 aliphatic heterocycles. The first kappa shape index (κ1) is 21.6. The van der Waals surface area contributed by atoms with E-state index in [9.17, 15) is 4.79 Å². The quantitative estimate of drug-likeness (QED) is 0.839. The van der Waals surface area contributed by atoms with Gasteiger partial charge in [0.25, 0.3) is 5.91 Å². The Morgan fingerprint density at radius 2 is 2.05 bits per heavy atom. The Bertz CT molecular complexity index is 459. The normalized spacial score (nSPS) is 16.5. The van der Waals surface area contributed by atoms with Crippen LogP contribution in [0.2, 0.25) is 0 Å². The first-order valence-corrected chi connectivity index (χ1v) is 8.30. The highest BCUT2D eigenvalue weighted by atomic mass is 35.5. The molecule has 2 rings (SSSR count). The zero-order chi connectivity index (χ0) is 14.6. The highest BCUT2D eigenvalue weighted by Crippen LogP contribution is 2.26. The minimum absolute atomic E-state index is 0. The summed E-state index contributed by atoms with van der Waals surface area (Å²) in [6.45, 7) is 9.41. The van der Waals surface area contributed by atoms with E-state index in [0.717, 1.165) is 43.9 Å². The summed E-state index contributed by atoms with van der Waals surface area (Å²) < 4.78 is 0. The molecule has 0 bridgehead atoms. The lowest BCUT2D eigenvalue weighted by Crippen LogP contribution is -2.42. The summed E-state index contributed by atoms with van der Waals surface area (Å²) in [7, 11) is 0. The minimum Gasteiger partial charge on any atom is -0.350 e. The van der Waals surface area contributed by atoms with E-state index in [-0.39, 0.29) is 36.1 Å². The lowest BCUT2D eigenvalue weighted by molar-refractivity contribution is 0.0917. The molecule has 128 valence electrons. The van der Waals surface area contributed by atoms with E-state index in [2.05, 4.69) is 36.4 Å². The fraction of sp³-hybridized carbons (Fsp3) is 0.733. The zero-order valence-corrected chi connectivity index (χ0v) is 15.9. The van der Waals surface area contributed by atoms with Crippen LogP contribution in [0.5, 0.6) is 0 Å². The van der Waals surface area contributed by atoms with Crippen molar-refractivity contribution < 1.29 is 4.79 Å². The largest absolute Gasteiger partial charge is 0.350 e. The molecule has 0 radical (unpaired) electrons. The summed E-state index contributed by atoms with van der Waals surface area (Å²) in [5.74, 6) is 0.543. The molecule has 4 nitrogen and oxygen atoms in total. The van der Waals surface area contributed by atoms with Gasteiger partial charge in [-0.25, -0.2) is 4.98 Å². The number of nitrogens with zero attached hydrogens (tertiary/aromatic N) is 1. The molecular formula is C15H27Cl2N3OS. The topological polar surface area (TPSA) is 54.0 Å². The maximum Gasteiger partial charge on any atom is 0.270 e. The zero-order valence-electron chi connectivity index (χ0n) is 13.5. The van der Waals surface area contributed by atoms with Gasteiger partial charge in [0.2, 0.25) is 0 Å². The van der Waals surface area contributed by atoms with Crippen molar-refractivity contribution in [2.45, 2.75) is 40.0 Å². The van der Waals surface area contributed by atoms with Gasteiger partial charge in [-0.15, -0.1) is 36.2 Å². The fourth-order valence-electron chi connectivity index (χ4n) is 2.45. The van der Waals surface area contributed by atoms with Gasteiger partial charge in [-0.1, -0.05) is 20.8 Å². The third kappa shape index (κ3) is 6.41. The van der Waals surface area contributed by atoms with Crippen LogP contribution >= 0.6 is 36.2 Å². The molecular weight excluding hydrogens is 341 g/mol. The monoisotopic (exact) mass is 367 g/mol. The molecule has 2 heterocycles. The molecule has 1 amide bonds. The van der Waals surface area contributed by atoms with Gasteiger partial charge in [0.05, 0.1) is 5.01 Å². The molecule has 0 atom stereocenters. The van der Waals surface area contributed by atoms with Crippen LogP contribution in [0.4, 0.5) is 0 Å². The number of halogens is 2. The van der Waals surface area contributed by atoms with Crippen molar-refractivity contribution in [2.75, 3.05) is 19.6 Å². The van der Waals surface area contributed by atoms with Gasteiger partial charge in [-0.2, -0.15) is 0 Å². The summed E-state index contributed by atoms with van der Waals surface area (Å²) >= 11 is 1.58. The lowest BCUT2D eigenvalue weighted by Gasteiger charge is -2.34. The third-order valence-corrected chi connectivity index (χ3v) is 4.72. The van der Waals surface area contributed by atoms with Crippen molar-refractivity contribution in [1.82, 2.24) is 15.6 Å². The van der Waals surface area contributed by atoms with Crippen molar-refractivity contribution in [3.05, 3.63) is 16.1 Å². The Kier molecular flexibility index (Phi) is 9.55. The Balaban J connectivity index is 0.00000220. The number of hydrogen-bond acceptors (Lipinski definition) is 4. The Hall–Kier alpha value is -0.360. The van der Waals surface area contributed by atoms with E-state index in [1.165, 1.54) is 0 Å². The van der Waals surface area contributed by atoms with E-state index < -0.39 is 0 Å². The van der Waals surface area contributed by atoms with Crippen LogP contribution in [0.1, 0.15) is 49.1 Å². The van der Waals surface area contributed by atoms with Crippen LogP contribution in [0.25, 0.3) is 0 Å². The summed E-state index contributed by atoms with van der Waals surface area (Å²) in [4.78, 5) is 16.6.